The number of rotatable bonds is 77. The molecule has 0 saturated carbocycles. The highest BCUT2D eigenvalue weighted by atomic mass is 31.2. The van der Waals surface area contributed by atoms with Gasteiger partial charge in [0.2, 0.25) is 0 Å². The van der Waals surface area contributed by atoms with Gasteiger partial charge in [-0.2, -0.15) is 0 Å². The van der Waals surface area contributed by atoms with Crippen LogP contribution in [-0.4, -0.2) is 49.3 Å². The van der Waals surface area contributed by atoms with Crippen molar-refractivity contribution in [3.63, 3.8) is 0 Å². The molecule has 0 bridgehead atoms. The van der Waals surface area contributed by atoms with Crippen LogP contribution in [0.1, 0.15) is 373 Å². The third-order valence-electron chi connectivity index (χ3n) is 17.7. The van der Waals surface area contributed by atoms with Gasteiger partial charge in [-0.1, -0.05) is 384 Å². The lowest BCUT2D eigenvalue weighted by Gasteiger charge is -2.19. The number of phosphoric acid groups is 1. The van der Waals surface area contributed by atoms with Crippen LogP contribution in [0.3, 0.4) is 0 Å². The van der Waals surface area contributed by atoms with Crippen LogP contribution in [0.2, 0.25) is 0 Å². The van der Waals surface area contributed by atoms with Crippen LogP contribution in [0.15, 0.2) is 146 Å². The van der Waals surface area contributed by atoms with Gasteiger partial charge in [-0.25, -0.2) is 4.57 Å². The van der Waals surface area contributed by atoms with Gasteiger partial charge in [-0.05, 0) is 122 Å². The Kier molecular flexibility index (Phi) is 79.4. The number of ether oxygens (including phenoxy) is 2. The van der Waals surface area contributed by atoms with Crippen LogP contribution >= 0.6 is 7.82 Å². The summed E-state index contributed by atoms with van der Waals surface area (Å²) in [4.78, 5) is 35.5. The summed E-state index contributed by atoms with van der Waals surface area (Å²) in [6.07, 6.45) is 120. The maximum atomic E-state index is 12.8. The van der Waals surface area contributed by atoms with Gasteiger partial charge in [-0.3, -0.25) is 18.6 Å². The zero-order valence-electron chi connectivity index (χ0n) is 64.2. The highest BCUT2D eigenvalue weighted by Crippen LogP contribution is 2.43. The van der Waals surface area contributed by atoms with Crippen LogP contribution in [-0.2, 0) is 32.7 Å². The van der Waals surface area contributed by atoms with Gasteiger partial charge in [0.1, 0.15) is 6.61 Å². The SMILES string of the molecule is CC/C=C\C/C=C\C/C=C\C/C=C\C/C=C\C/C=C\C/C=C\C/C=C\C/C=C\CCCCCCCCCCCC(=O)OC(COC(=O)CCCCCCCCCCCCCCCCCCCCCCCCCCCC/C=C\C/C=C\C/C=C\CCCCCCC)COP(=O)(O)OCCN. The molecule has 3 N–H and O–H groups in total. The Morgan fingerprint density at radius 1 is 0.313 bits per heavy atom. The molecule has 2 atom stereocenters. The molecule has 9 nitrogen and oxygen atoms in total. The van der Waals surface area contributed by atoms with Gasteiger partial charge in [-0.15, -0.1) is 0 Å². The molecular formula is C89H154NO8P. The number of carbonyl (C=O) groups excluding carboxylic acids is 2. The summed E-state index contributed by atoms with van der Waals surface area (Å²) >= 11 is 0. The molecule has 99 heavy (non-hydrogen) atoms. The van der Waals surface area contributed by atoms with E-state index in [1.54, 1.807) is 0 Å². The summed E-state index contributed by atoms with van der Waals surface area (Å²) < 4.78 is 33.3. The van der Waals surface area contributed by atoms with E-state index in [9.17, 15) is 19.0 Å². The van der Waals surface area contributed by atoms with E-state index < -0.39 is 26.5 Å². The van der Waals surface area contributed by atoms with Crippen LogP contribution in [0.5, 0.6) is 0 Å². The third-order valence-corrected chi connectivity index (χ3v) is 18.7. The summed E-state index contributed by atoms with van der Waals surface area (Å²) in [6, 6.07) is 0. The fourth-order valence-corrected chi connectivity index (χ4v) is 12.4. The molecule has 0 spiro atoms. The second kappa shape index (κ2) is 82.8. The van der Waals surface area contributed by atoms with E-state index in [1.807, 2.05) is 0 Å². The van der Waals surface area contributed by atoms with Crippen molar-refractivity contribution in [2.75, 3.05) is 26.4 Å². The first-order valence-corrected chi connectivity index (χ1v) is 42.8. The number of phosphoric ester groups is 1. The average Bonchev–Trinajstić information content (AvgIpc) is 1.64. The molecular weight excluding hydrogens is 1240 g/mol. The summed E-state index contributed by atoms with van der Waals surface area (Å²) in [7, 11) is -4.41. The van der Waals surface area contributed by atoms with Gasteiger partial charge in [0.05, 0.1) is 13.2 Å². The zero-order chi connectivity index (χ0) is 71.5. The molecule has 0 amide bonds. The van der Waals surface area contributed by atoms with Crippen LogP contribution < -0.4 is 5.73 Å². The van der Waals surface area contributed by atoms with E-state index in [2.05, 4.69) is 160 Å². The Balaban J connectivity index is 3.83. The first-order chi connectivity index (χ1) is 48.8. The molecule has 0 aromatic rings. The maximum Gasteiger partial charge on any atom is 0.472 e. The van der Waals surface area contributed by atoms with E-state index in [0.717, 1.165) is 116 Å². The summed E-state index contributed by atoms with van der Waals surface area (Å²) in [6.45, 7) is 3.64. The standard InChI is InChI=1S/C89H154NO8P/c1-3-5-7-9-11-13-15-17-19-21-23-25-27-29-31-33-35-37-39-41-42-43-44-46-47-49-51-53-55-57-59-61-63-65-67-69-71-73-75-77-79-81-88(91)95-85-87(86-97-99(93,94)96-84-83-90)98-89(92)82-80-78-76-74-72-70-68-66-64-62-60-58-56-54-52-50-48-45-40-38-36-34-32-30-28-26-24-22-20-18-16-14-12-10-8-6-4-2/h6,8,12,14-15,17-18,20-21,23-24,26-27,29-30,32,36,38,45,48,52,54,58,60,87H,3-5,7,9-11,13,16,19,22,25,28,31,33-35,37,39-44,46-47,49-51,53,55-57,59,61-86,90H2,1-2H3,(H,93,94)/b8-6-,14-12-,17-15-,20-18-,23-21-,26-24-,29-27-,32-30-,38-36-,48-45-,54-52-,60-58-. The second-order valence-electron chi connectivity index (χ2n) is 27.3. The van der Waals surface area contributed by atoms with Gasteiger partial charge in [0.15, 0.2) is 6.10 Å². The van der Waals surface area contributed by atoms with Gasteiger partial charge < -0.3 is 20.1 Å². The first-order valence-electron chi connectivity index (χ1n) is 41.3. The topological polar surface area (TPSA) is 134 Å². The van der Waals surface area contributed by atoms with Gasteiger partial charge in [0, 0.05) is 19.4 Å². The molecule has 568 valence electrons. The first kappa shape index (κ1) is 94.9. The molecule has 10 heteroatoms. The Bertz CT molecular complexity index is 2150. The zero-order valence-corrected chi connectivity index (χ0v) is 65.1. The van der Waals surface area contributed by atoms with Crippen LogP contribution in [0.4, 0.5) is 0 Å². The predicted octanol–water partition coefficient (Wildman–Crippen LogP) is 28.1. The fourth-order valence-electron chi connectivity index (χ4n) is 11.6. The minimum atomic E-state index is -4.41. The third kappa shape index (κ3) is 82.7. The lowest BCUT2D eigenvalue weighted by atomic mass is 10.0. The van der Waals surface area contributed by atoms with E-state index in [-0.39, 0.29) is 38.6 Å². The van der Waals surface area contributed by atoms with Crippen LogP contribution in [0, 0.1) is 0 Å². The minimum Gasteiger partial charge on any atom is -0.462 e. The molecule has 0 rings (SSSR count). The Labute approximate surface area is 611 Å². The number of nitrogens with two attached hydrogens (primary N) is 1. The quantitative estimate of drug-likeness (QED) is 0.0264. The summed E-state index contributed by atoms with van der Waals surface area (Å²) in [5.41, 5.74) is 5.42. The molecule has 0 saturated heterocycles. The summed E-state index contributed by atoms with van der Waals surface area (Å²) in [5.74, 6) is -0.828. The highest BCUT2D eigenvalue weighted by molar-refractivity contribution is 7.47. The van der Waals surface area contributed by atoms with E-state index in [0.29, 0.717) is 6.42 Å². The van der Waals surface area contributed by atoms with Crippen molar-refractivity contribution in [3.8, 4) is 0 Å². The van der Waals surface area contributed by atoms with E-state index in [1.165, 1.54) is 225 Å². The monoisotopic (exact) mass is 1400 g/mol. The maximum absolute atomic E-state index is 12.8. The molecule has 0 heterocycles. The van der Waals surface area contributed by atoms with Crippen molar-refractivity contribution in [2.45, 2.75) is 380 Å². The number of hydrogen-bond acceptors (Lipinski definition) is 8. The highest BCUT2D eigenvalue weighted by Gasteiger charge is 2.26. The Hall–Kier alpha value is -4.11. The van der Waals surface area contributed by atoms with Crippen molar-refractivity contribution in [1.29, 1.82) is 0 Å². The molecule has 0 aliphatic heterocycles. The van der Waals surface area contributed by atoms with E-state index in [4.69, 9.17) is 24.3 Å². The molecule has 2 unspecified atom stereocenters. The van der Waals surface area contributed by atoms with E-state index >= 15 is 0 Å². The predicted molar refractivity (Wildman–Crippen MR) is 431 cm³/mol. The van der Waals surface area contributed by atoms with Crippen molar-refractivity contribution < 1.29 is 37.6 Å². The van der Waals surface area contributed by atoms with Crippen molar-refractivity contribution in [1.82, 2.24) is 0 Å². The van der Waals surface area contributed by atoms with Crippen molar-refractivity contribution in [2.24, 2.45) is 5.73 Å². The number of esters is 2. The normalized spacial score (nSPS) is 13.6. The lowest BCUT2D eigenvalue weighted by Crippen LogP contribution is -2.29. The molecule has 0 radical (unpaired) electrons. The Morgan fingerprint density at radius 2 is 0.556 bits per heavy atom. The van der Waals surface area contributed by atoms with Crippen LogP contribution in [0.25, 0.3) is 0 Å². The minimum absolute atomic E-state index is 0.0478. The molecule has 0 aliphatic carbocycles. The second-order valence-corrected chi connectivity index (χ2v) is 28.7. The van der Waals surface area contributed by atoms with Crippen molar-refractivity contribution >= 4 is 19.8 Å². The average molecular weight is 1400 g/mol. The molecule has 0 aromatic heterocycles. The summed E-state index contributed by atoms with van der Waals surface area (Å²) in [5, 5.41) is 0. The smallest absolute Gasteiger partial charge is 0.462 e. The fraction of sp³-hybridized carbons (Fsp3) is 0.708. The number of allylic oxidation sites excluding steroid dienone is 24. The molecule has 0 fully saturated rings. The van der Waals surface area contributed by atoms with Gasteiger partial charge in [0.25, 0.3) is 0 Å². The largest absolute Gasteiger partial charge is 0.472 e. The van der Waals surface area contributed by atoms with Gasteiger partial charge >= 0.3 is 19.8 Å². The molecule has 0 aliphatic rings. The van der Waals surface area contributed by atoms with Crippen molar-refractivity contribution in [3.05, 3.63) is 146 Å². The Morgan fingerprint density at radius 3 is 0.828 bits per heavy atom. The lowest BCUT2D eigenvalue weighted by molar-refractivity contribution is -0.161. The number of carbonyl (C=O) groups is 2. The number of hydrogen-bond donors (Lipinski definition) is 2. The number of unbranched alkanes of at least 4 members (excludes halogenated alkanes) is 40. The molecule has 0 aromatic carbocycles.